The van der Waals surface area contributed by atoms with Crippen LogP contribution in [0.5, 0.6) is 5.75 Å². The van der Waals surface area contributed by atoms with Crippen LogP contribution in [0.3, 0.4) is 0 Å². The van der Waals surface area contributed by atoms with Crippen LogP contribution < -0.4 is 15.4 Å². The van der Waals surface area contributed by atoms with Gasteiger partial charge in [-0.2, -0.15) is 0 Å². The average molecular weight is 523 g/mol. The van der Waals surface area contributed by atoms with Gasteiger partial charge < -0.3 is 19.9 Å². The molecule has 0 amide bonds. The molecule has 0 aliphatic heterocycles. The maximum atomic E-state index is 13.2. The van der Waals surface area contributed by atoms with Gasteiger partial charge in [0.1, 0.15) is 17.7 Å². The van der Waals surface area contributed by atoms with E-state index in [4.69, 9.17) is 4.74 Å². The predicted molar refractivity (Wildman–Crippen MR) is 128 cm³/mol. The Morgan fingerprint density at radius 1 is 1.17 bits per heavy atom. The summed E-state index contributed by atoms with van der Waals surface area (Å²) in [5, 5.41) is 6.51. The zero-order valence-electron chi connectivity index (χ0n) is 17.1. The van der Waals surface area contributed by atoms with Crippen molar-refractivity contribution in [3.63, 3.8) is 0 Å². The van der Waals surface area contributed by atoms with E-state index in [1.165, 1.54) is 17.7 Å². The fourth-order valence-electron chi connectivity index (χ4n) is 2.81. The van der Waals surface area contributed by atoms with E-state index in [-0.39, 0.29) is 35.9 Å². The minimum absolute atomic E-state index is 0. The van der Waals surface area contributed by atoms with Gasteiger partial charge in [-0.3, -0.25) is 4.99 Å². The zero-order valence-corrected chi connectivity index (χ0v) is 19.4. The second-order valence-electron chi connectivity index (χ2n) is 6.74. The highest BCUT2D eigenvalue weighted by Crippen LogP contribution is 2.13. The second-order valence-corrected chi connectivity index (χ2v) is 6.74. The van der Waals surface area contributed by atoms with Crippen molar-refractivity contribution in [3.8, 4) is 5.75 Å². The van der Waals surface area contributed by atoms with Crippen molar-refractivity contribution < 1.29 is 9.13 Å². The predicted octanol–water partition coefficient (Wildman–Crippen LogP) is 3.82. The maximum absolute atomic E-state index is 13.2. The highest BCUT2D eigenvalue weighted by atomic mass is 127. The summed E-state index contributed by atoms with van der Waals surface area (Å²) in [5.41, 5.74) is 2.38. The van der Waals surface area contributed by atoms with E-state index >= 15 is 0 Å². The van der Waals surface area contributed by atoms with E-state index < -0.39 is 0 Å². The van der Waals surface area contributed by atoms with E-state index in [0.717, 1.165) is 12.1 Å². The van der Waals surface area contributed by atoms with E-state index in [1.807, 2.05) is 24.0 Å². The summed E-state index contributed by atoms with van der Waals surface area (Å²) in [4.78, 5) is 8.29. The van der Waals surface area contributed by atoms with Gasteiger partial charge in [0, 0.05) is 38.6 Å². The van der Waals surface area contributed by atoms with Gasteiger partial charge in [0.2, 0.25) is 0 Å². The molecule has 3 rings (SSSR count). The summed E-state index contributed by atoms with van der Waals surface area (Å²) in [5.74, 6) is 0.886. The number of benzene rings is 2. The Morgan fingerprint density at radius 3 is 2.60 bits per heavy atom. The third kappa shape index (κ3) is 7.66. The summed E-state index contributed by atoms with van der Waals surface area (Å²) < 4.78 is 21.0. The minimum atomic E-state index is -0.309. The van der Waals surface area contributed by atoms with Crippen molar-refractivity contribution in [1.29, 1.82) is 0 Å². The van der Waals surface area contributed by atoms with Gasteiger partial charge in [-0.05, 0) is 30.2 Å². The van der Waals surface area contributed by atoms with E-state index in [0.29, 0.717) is 24.8 Å². The lowest BCUT2D eigenvalue weighted by molar-refractivity contribution is 0.223. The van der Waals surface area contributed by atoms with E-state index in [2.05, 4.69) is 44.9 Å². The van der Waals surface area contributed by atoms with Crippen LogP contribution in [-0.2, 0) is 13.1 Å². The van der Waals surface area contributed by atoms with Gasteiger partial charge in [0.05, 0.1) is 12.9 Å². The molecule has 1 unspecified atom stereocenters. The van der Waals surface area contributed by atoms with Crippen molar-refractivity contribution in [2.45, 2.75) is 26.1 Å². The maximum Gasteiger partial charge on any atom is 0.191 e. The first-order chi connectivity index (χ1) is 14.1. The van der Waals surface area contributed by atoms with Crippen LogP contribution in [0.2, 0.25) is 0 Å². The van der Waals surface area contributed by atoms with Gasteiger partial charge in [-0.15, -0.1) is 24.0 Å². The van der Waals surface area contributed by atoms with Gasteiger partial charge in [-0.1, -0.05) is 30.3 Å². The lowest BCUT2D eigenvalue weighted by Crippen LogP contribution is -2.41. The monoisotopic (exact) mass is 523 g/mol. The van der Waals surface area contributed by atoms with Crippen molar-refractivity contribution in [3.05, 3.63) is 84.2 Å². The molecule has 160 valence electrons. The Morgan fingerprint density at radius 2 is 1.93 bits per heavy atom. The molecule has 0 saturated heterocycles. The average Bonchev–Trinajstić information content (AvgIpc) is 3.22. The van der Waals surface area contributed by atoms with Gasteiger partial charge in [0.15, 0.2) is 5.96 Å². The fraction of sp³-hybridized carbons (Fsp3) is 0.273. The third-order valence-electron chi connectivity index (χ3n) is 4.32. The molecular weight excluding hydrogens is 496 g/mol. The zero-order chi connectivity index (χ0) is 20.5. The van der Waals surface area contributed by atoms with Crippen LogP contribution in [0.1, 0.15) is 18.1 Å². The molecule has 0 aliphatic carbocycles. The molecule has 0 spiro atoms. The van der Waals surface area contributed by atoms with Crippen LogP contribution in [0.25, 0.3) is 0 Å². The standard InChI is InChI=1S/C22H26FN5O.HI/c1-17(29-21-5-3-4-20(23)12-21)13-26-22(24-2)27-14-18-6-8-19(9-7-18)15-28-11-10-25-16-28;/h3-12,16-17H,13-15H2,1-2H3,(H2,24,26,27);1H. The van der Waals surface area contributed by atoms with E-state index in [9.17, 15) is 4.39 Å². The number of guanidine groups is 1. The second kappa shape index (κ2) is 12.2. The summed E-state index contributed by atoms with van der Waals surface area (Å²) in [7, 11) is 1.72. The molecule has 3 aromatic rings. The number of rotatable bonds is 8. The number of halogens is 2. The number of imidazole rings is 1. The summed E-state index contributed by atoms with van der Waals surface area (Å²) in [6, 6.07) is 14.6. The van der Waals surface area contributed by atoms with Crippen molar-refractivity contribution in [1.82, 2.24) is 20.2 Å². The Bertz CT molecular complexity index is 916. The first kappa shape index (κ1) is 23.7. The smallest absolute Gasteiger partial charge is 0.191 e. The number of ether oxygens (including phenoxy) is 1. The van der Waals surface area contributed by atoms with Crippen molar-refractivity contribution >= 4 is 29.9 Å². The highest BCUT2D eigenvalue weighted by molar-refractivity contribution is 14.0. The first-order valence-electron chi connectivity index (χ1n) is 9.52. The Balaban J connectivity index is 0.00000320. The molecule has 1 heterocycles. The number of hydrogen-bond donors (Lipinski definition) is 2. The number of nitrogens with zero attached hydrogens (tertiary/aromatic N) is 3. The van der Waals surface area contributed by atoms with Crippen LogP contribution in [0, 0.1) is 5.82 Å². The van der Waals surface area contributed by atoms with Gasteiger partial charge in [-0.25, -0.2) is 9.37 Å². The molecule has 0 fully saturated rings. The molecule has 2 aromatic carbocycles. The SMILES string of the molecule is CN=C(NCc1ccc(Cn2ccnc2)cc1)NCC(C)Oc1cccc(F)c1.I. The molecule has 1 atom stereocenters. The van der Waals surface area contributed by atoms with Crippen LogP contribution in [-0.4, -0.2) is 35.2 Å². The quantitative estimate of drug-likeness (QED) is 0.268. The Kier molecular flexibility index (Phi) is 9.59. The normalized spacial score (nSPS) is 12.0. The van der Waals surface area contributed by atoms with Crippen LogP contribution >= 0.6 is 24.0 Å². The third-order valence-corrected chi connectivity index (χ3v) is 4.32. The highest BCUT2D eigenvalue weighted by Gasteiger charge is 2.06. The Hall–Kier alpha value is -2.62. The van der Waals surface area contributed by atoms with Crippen molar-refractivity contribution in [2.24, 2.45) is 4.99 Å². The summed E-state index contributed by atoms with van der Waals surface area (Å²) in [6.07, 6.45) is 5.40. The van der Waals surface area contributed by atoms with E-state index in [1.54, 1.807) is 25.4 Å². The number of hydrogen-bond acceptors (Lipinski definition) is 3. The number of nitrogens with one attached hydrogen (secondary N) is 2. The molecule has 0 radical (unpaired) electrons. The lowest BCUT2D eigenvalue weighted by atomic mass is 10.1. The largest absolute Gasteiger partial charge is 0.489 e. The molecule has 0 aliphatic rings. The van der Waals surface area contributed by atoms with Crippen LogP contribution in [0.15, 0.2) is 72.2 Å². The Labute approximate surface area is 193 Å². The fourth-order valence-corrected chi connectivity index (χ4v) is 2.81. The first-order valence-corrected chi connectivity index (χ1v) is 9.52. The molecule has 0 saturated carbocycles. The molecule has 6 nitrogen and oxygen atoms in total. The van der Waals surface area contributed by atoms with Gasteiger partial charge >= 0.3 is 0 Å². The molecule has 30 heavy (non-hydrogen) atoms. The molecule has 0 bridgehead atoms. The summed E-state index contributed by atoms with van der Waals surface area (Å²) in [6.45, 7) is 3.93. The number of aliphatic imine (C=N–C) groups is 1. The number of aromatic nitrogens is 2. The lowest BCUT2D eigenvalue weighted by Gasteiger charge is -2.18. The molecular formula is C22H27FIN5O. The van der Waals surface area contributed by atoms with Gasteiger partial charge in [0.25, 0.3) is 0 Å². The molecule has 2 N–H and O–H groups in total. The summed E-state index contributed by atoms with van der Waals surface area (Å²) >= 11 is 0. The molecule has 1 aromatic heterocycles. The topological polar surface area (TPSA) is 63.5 Å². The van der Waals surface area contributed by atoms with Crippen molar-refractivity contribution in [2.75, 3.05) is 13.6 Å². The minimum Gasteiger partial charge on any atom is -0.489 e. The molecule has 8 heteroatoms. The van der Waals surface area contributed by atoms with Crippen LogP contribution in [0.4, 0.5) is 4.39 Å².